The minimum Gasteiger partial charge on any atom is -0.373 e. The highest BCUT2D eigenvalue weighted by Gasteiger charge is 2.37. The summed E-state index contributed by atoms with van der Waals surface area (Å²) < 4.78 is 34.5. The minimum atomic E-state index is -3.54. The molecule has 4 rings (SSSR count). The predicted octanol–water partition coefficient (Wildman–Crippen LogP) is 2.50. The molecule has 1 aromatic heterocycles. The lowest BCUT2D eigenvalue weighted by Crippen LogP contribution is -2.50. The lowest BCUT2D eigenvalue weighted by Gasteiger charge is -2.38. The molecule has 0 amide bonds. The van der Waals surface area contributed by atoms with Crippen molar-refractivity contribution in [2.45, 2.75) is 49.8 Å². The van der Waals surface area contributed by atoms with Gasteiger partial charge in [-0.05, 0) is 38.8 Å². The number of ether oxygens (including phenoxy) is 1. The summed E-state index contributed by atoms with van der Waals surface area (Å²) in [5, 5.41) is 1.59. The number of morpholine rings is 1. The summed E-state index contributed by atoms with van der Waals surface area (Å²) in [6, 6.07) is 7.22. The van der Waals surface area contributed by atoms with Crippen LogP contribution in [0.25, 0.3) is 10.8 Å². The molecule has 3 atom stereocenters. The van der Waals surface area contributed by atoms with Crippen LogP contribution in [-0.4, -0.2) is 67.0 Å². The van der Waals surface area contributed by atoms with E-state index in [1.807, 2.05) is 6.07 Å². The maximum atomic E-state index is 13.5. The average Bonchev–Trinajstić information content (AvgIpc) is 3.09. The summed E-state index contributed by atoms with van der Waals surface area (Å²) in [7, 11) is -3.54. The highest BCUT2D eigenvalue weighted by atomic mass is 32.2. The number of pyridine rings is 1. The van der Waals surface area contributed by atoms with E-state index in [1.165, 1.54) is 0 Å². The molecule has 2 aromatic rings. The van der Waals surface area contributed by atoms with E-state index in [1.54, 1.807) is 34.9 Å². The number of rotatable bonds is 4. The number of sulfonamides is 1. The standard InChI is InChI=1S/C20H27N3O3S/c1-15-12-22(13-16(2)26-15)14-18-6-4-10-23(18)27(24,25)20-7-3-5-17-11-21-9-8-19(17)20/h3,5,7-9,11,15-16,18H,4,6,10,12-14H2,1-2H3/t15-,16+,18-/m0/s1. The summed E-state index contributed by atoms with van der Waals surface area (Å²) in [4.78, 5) is 6.85. The first-order chi connectivity index (χ1) is 12.9. The first kappa shape index (κ1) is 18.8. The second-order valence-corrected chi connectivity index (χ2v) is 9.60. The number of aromatic nitrogens is 1. The van der Waals surface area contributed by atoms with E-state index in [2.05, 4.69) is 23.7 Å². The number of hydrogen-bond acceptors (Lipinski definition) is 5. The molecule has 6 nitrogen and oxygen atoms in total. The zero-order valence-electron chi connectivity index (χ0n) is 15.9. The van der Waals surface area contributed by atoms with Crippen LogP contribution in [0.3, 0.4) is 0 Å². The lowest BCUT2D eigenvalue weighted by atomic mass is 10.1. The Morgan fingerprint density at radius 2 is 1.96 bits per heavy atom. The van der Waals surface area contributed by atoms with Gasteiger partial charge in [-0.25, -0.2) is 8.42 Å². The fourth-order valence-corrected chi connectivity index (χ4v) is 6.38. The average molecular weight is 390 g/mol. The molecule has 146 valence electrons. The Morgan fingerprint density at radius 1 is 1.19 bits per heavy atom. The van der Waals surface area contributed by atoms with E-state index in [4.69, 9.17) is 4.74 Å². The molecule has 27 heavy (non-hydrogen) atoms. The van der Waals surface area contributed by atoms with Crippen molar-refractivity contribution < 1.29 is 13.2 Å². The van der Waals surface area contributed by atoms with Gasteiger partial charge in [0.05, 0.1) is 17.1 Å². The van der Waals surface area contributed by atoms with Crippen LogP contribution in [0.2, 0.25) is 0 Å². The first-order valence-electron chi connectivity index (χ1n) is 9.67. The second kappa shape index (κ2) is 7.47. The van der Waals surface area contributed by atoms with Gasteiger partial charge in [0, 0.05) is 55.4 Å². The molecule has 2 aliphatic rings. The topological polar surface area (TPSA) is 62.7 Å². The molecule has 0 bridgehead atoms. The Bertz CT molecular complexity index is 902. The number of nitrogens with zero attached hydrogens (tertiary/aromatic N) is 3. The minimum absolute atomic E-state index is 0.0181. The Balaban J connectivity index is 1.60. The van der Waals surface area contributed by atoms with E-state index >= 15 is 0 Å². The van der Waals surface area contributed by atoms with E-state index in [0.29, 0.717) is 11.4 Å². The molecule has 0 spiro atoms. The fraction of sp³-hybridized carbons (Fsp3) is 0.550. The molecule has 2 aliphatic heterocycles. The Kier molecular flexibility index (Phi) is 5.20. The molecule has 0 unspecified atom stereocenters. The van der Waals surface area contributed by atoms with Crippen molar-refractivity contribution in [3.05, 3.63) is 36.7 Å². The monoisotopic (exact) mass is 389 g/mol. The van der Waals surface area contributed by atoms with Crippen LogP contribution in [0.5, 0.6) is 0 Å². The van der Waals surface area contributed by atoms with Gasteiger partial charge in [0.2, 0.25) is 10.0 Å². The van der Waals surface area contributed by atoms with Gasteiger partial charge in [-0.15, -0.1) is 0 Å². The number of benzene rings is 1. The lowest BCUT2D eigenvalue weighted by molar-refractivity contribution is -0.0707. The van der Waals surface area contributed by atoms with Crippen molar-refractivity contribution in [1.29, 1.82) is 0 Å². The molecule has 1 aromatic carbocycles. The first-order valence-corrected chi connectivity index (χ1v) is 11.1. The summed E-state index contributed by atoms with van der Waals surface area (Å²) in [6.07, 6.45) is 5.56. The van der Waals surface area contributed by atoms with Gasteiger partial charge in [-0.1, -0.05) is 12.1 Å². The normalized spacial score (nSPS) is 28.0. The third-order valence-electron chi connectivity index (χ3n) is 5.51. The number of fused-ring (bicyclic) bond motifs is 1. The molecule has 3 heterocycles. The predicted molar refractivity (Wildman–Crippen MR) is 105 cm³/mol. The fourth-order valence-electron chi connectivity index (χ4n) is 4.48. The molecule has 7 heteroatoms. The van der Waals surface area contributed by atoms with Gasteiger partial charge in [-0.3, -0.25) is 9.88 Å². The molecular weight excluding hydrogens is 362 g/mol. The zero-order valence-corrected chi connectivity index (χ0v) is 16.7. The molecule has 0 saturated carbocycles. The smallest absolute Gasteiger partial charge is 0.243 e. The quantitative estimate of drug-likeness (QED) is 0.804. The third kappa shape index (κ3) is 3.74. The summed E-state index contributed by atoms with van der Waals surface area (Å²) in [5.74, 6) is 0. The molecule has 0 N–H and O–H groups in total. The van der Waals surface area contributed by atoms with Crippen LogP contribution in [0.15, 0.2) is 41.6 Å². The molecular formula is C20H27N3O3S. The van der Waals surface area contributed by atoms with Crippen LogP contribution >= 0.6 is 0 Å². The maximum Gasteiger partial charge on any atom is 0.243 e. The molecule has 0 radical (unpaired) electrons. The summed E-state index contributed by atoms with van der Waals surface area (Å²) in [6.45, 7) is 7.22. The van der Waals surface area contributed by atoms with Crippen molar-refractivity contribution in [3.8, 4) is 0 Å². The largest absolute Gasteiger partial charge is 0.373 e. The van der Waals surface area contributed by atoms with Crippen molar-refractivity contribution in [1.82, 2.24) is 14.2 Å². The van der Waals surface area contributed by atoms with Crippen LogP contribution < -0.4 is 0 Å². The van der Waals surface area contributed by atoms with E-state index in [-0.39, 0.29) is 18.2 Å². The molecule has 2 saturated heterocycles. The summed E-state index contributed by atoms with van der Waals surface area (Å²) in [5.41, 5.74) is 0. The van der Waals surface area contributed by atoms with Crippen molar-refractivity contribution >= 4 is 20.8 Å². The van der Waals surface area contributed by atoms with Gasteiger partial charge in [0.25, 0.3) is 0 Å². The molecule has 2 fully saturated rings. The van der Waals surface area contributed by atoms with Gasteiger partial charge < -0.3 is 4.74 Å². The van der Waals surface area contributed by atoms with Crippen LogP contribution in [0.4, 0.5) is 0 Å². The van der Waals surface area contributed by atoms with Crippen molar-refractivity contribution in [3.63, 3.8) is 0 Å². The highest BCUT2D eigenvalue weighted by Crippen LogP contribution is 2.31. The SMILES string of the molecule is C[C@@H]1CN(C[C@@H]2CCCN2S(=O)(=O)c2cccc3cnccc23)C[C@H](C)O1. The van der Waals surface area contributed by atoms with E-state index in [9.17, 15) is 8.42 Å². The van der Waals surface area contributed by atoms with E-state index in [0.717, 1.165) is 43.2 Å². The summed E-state index contributed by atoms with van der Waals surface area (Å²) >= 11 is 0. The maximum absolute atomic E-state index is 13.5. The highest BCUT2D eigenvalue weighted by molar-refractivity contribution is 7.89. The Labute approximate surface area is 161 Å². The van der Waals surface area contributed by atoms with Crippen molar-refractivity contribution in [2.75, 3.05) is 26.2 Å². The Morgan fingerprint density at radius 3 is 2.74 bits per heavy atom. The Hall–Kier alpha value is -1.54. The van der Waals surface area contributed by atoms with Gasteiger partial charge in [0.15, 0.2) is 0 Å². The van der Waals surface area contributed by atoms with E-state index < -0.39 is 10.0 Å². The zero-order chi connectivity index (χ0) is 19.0. The van der Waals surface area contributed by atoms with Gasteiger partial charge in [-0.2, -0.15) is 4.31 Å². The van der Waals surface area contributed by atoms with Gasteiger partial charge >= 0.3 is 0 Å². The molecule has 0 aliphatic carbocycles. The van der Waals surface area contributed by atoms with Crippen molar-refractivity contribution in [2.24, 2.45) is 0 Å². The third-order valence-corrected chi connectivity index (χ3v) is 7.52. The van der Waals surface area contributed by atoms with Gasteiger partial charge in [0.1, 0.15) is 0 Å². The van der Waals surface area contributed by atoms with Crippen LogP contribution in [0.1, 0.15) is 26.7 Å². The van der Waals surface area contributed by atoms with Crippen LogP contribution in [-0.2, 0) is 14.8 Å². The second-order valence-electron chi connectivity index (χ2n) is 7.74. The number of hydrogen-bond donors (Lipinski definition) is 0. The van der Waals surface area contributed by atoms with Crippen LogP contribution in [0, 0.1) is 0 Å².